The maximum absolute atomic E-state index is 13.4. The predicted molar refractivity (Wildman–Crippen MR) is 125 cm³/mol. The van der Waals surface area contributed by atoms with Crippen LogP contribution < -0.4 is 10.1 Å². The predicted octanol–water partition coefficient (Wildman–Crippen LogP) is 4.58. The first-order chi connectivity index (χ1) is 15.4. The standard InChI is InChI=1S/C24H22N4O3S/c1-17-9-15-22(16-10-17)32(29,30)28-24(25-18(2)19-7-5-4-6-8-19)23(26-27-28)20-11-13-21(31-3)14-12-20/h4-16,25H,2H2,1,3H3. The van der Waals surface area contributed by atoms with Crippen molar-refractivity contribution in [2.45, 2.75) is 11.8 Å². The van der Waals surface area contributed by atoms with Crippen LogP contribution in [0.2, 0.25) is 0 Å². The zero-order chi connectivity index (χ0) is 22.7. The molecule has 7 nitrogen and oxygen atoms in total. The highest BCUT2D eigenvalue weighted by atomic mass is 32.2. The van der Waals surface area contributed by atoms with Gasteiger partial charge in [-0.25, -0.2) is 0 Å². The molecular weight excluding hydrogens is 424 g/mol. The smallest absolute Gasteiger partial charge is 0.286 e. The summed E-state index contributed by atoms with van der Waals surface area (Å²) >= 11 is 0. The maximum atomic E-state index is 13.4. The summed E-state index contributed by atoms with van der Waals surface area (Å²) < 4.78 is 32.9. The number of rotatable bonds is 7. The molecule has 0 bridgehead atoms. The van der Waals surface area contributed by atoms with E-state index < -0.39 is 10.0 Å². The fourth-order valence-corrected chi connectivity index (χ4v) is 4.34. The van der Waals surface area contributed by atoms with Crippen LogP contribution in [-0.4, -0.2) is 29.9 Å². The summed E-state index contributed by atoms with van der Waals surface area (Å²) in [6, 6.07) is 23.1. The minimum Gasteiger partial charge on any atom is -0.497 e. The van der Waals surface area contributed by atoms with Crippen LogP contribution in [0.25, 0.3) is 17.0 Å². The van der Waals surface area contributed by atoms with Gasteiger partial charge in [0.2, 0.25) is 0 Å². The minimum atomic E-state index is -4.00. The first-order valence-electron chi connectivity index (χ1n) is 9.84. The lowest BCUT2D eigenvalue weighted by Gasteiger charge is -2.13. The Bertz CT molecular complexity index is 1340. The molecule has 0 aliphatic carbocycles. The highest BCUT2D eigenvalue weighted by Crippen LogP contribution is 2.31. The van der Waals surface area contributed by atoms with Crippen molar-refractivity contribution < 1.29 is 13.2 Å². The SMILES string of the molecule is C=C(Nc1c(-c2ccc(OC)cc2)nnn1S(=O)(=O)c1ccc(C)cc1)c1ccccc1. The van der Waals surface area contributed by atoms with Gasteiger partial charge in [0.1, 0.15) is 11.4 Å². The number of aryl methyl sites for hydroxylation is 1. The van der Waals surface area contributed by atoms with E-state index >= 15 is 0 Å². The Kier molecular flexibility index (Phi) is 5.79. The Hall–Kier alpha value is -3.91. The highest BCUT2D eigenvalue weighted by molar-refractivity contribution is 7.90. The topological polar surface area (TPSA) is 86.1 Å². The largest absolute Gasteiger partial charge is 0.497 e. The number of nitrogens with one attached hydrogen (secondary N) is 1. The quantitative estimate of drug-likeness (QED) is 0.447. The third-order valence-electron chi connectivity index (χ3n) is 4.94. The maximum Gasteiger partial charge on any atom is 0.286 e. The summed E-state index contributed by atoms with van der Waals surface area (Å²) in [6.07, 6.45) is 0. The van der Waals surface area contributed by atoms with Crippen LogP contribution in [0.1, 0.15) is 11.1 Å². The van der Waals surface area contributed by atoms with Crippen molar-refractivity contribution >= 4 is 21.5 Å². The summed E-state index contributed by atoms with van der Waals surface area (Å²) in [6.45, 7) is 5.97. The van der Waals surface area contributed by atoms with Gasteiger partial charge in [-0.05, 0) is 54.1 Å². The van der Waals surface area contributed by atoms with Gasteiger partial charge in [0, 0.05) is 11.3 Å². The molecule has 3 aromatic carbocycles. The zero-order valence-corrected chi connectivity index (χ0v) is 18.5. The van der Waals surface area contributed by atoms with Gasteiger partial charge in [-0.3, -0.25) is 0 Å². The van der Waals surface area contributed by atoms with E-state index in [9.17, 15) is 8.42 Å². The number of anilines is 1. The van der Waals surface area contributed by atoms with Gasteiger partial charge in [0.25, 0.3) is 10.0 Å². The van der Waals surface area contributed by atoms with Crippen molar-refractivity contribution in [1.29, 1.82) is 0 Å². The van der Waals surface area contributed by atoms with Crippen LogP contribution in [0, 0.1) is 6.92 Å². The van der Waals surface area contributed by atoms with Gasteiger partial charge in [0.05, 0.1) is 12.0 Å². The van der Waals surface area contributed by atoms with Crippen molar-refractivity contribution in [2.75, 3.05) is 12.4 Å². The first kappa shape index (κ1) is 21.3. The van der Waals surface area contributed by atoms with Gasteiger partial charge in [-0.15, -0.1) is 9.19 Å². The minimum absolute atomic E-state index is 0.114. The molecule has 4 aromatic rings. The average molecular weight is 447 g/mol. The number of nitrogens with zero attached hydrogens (tertiary/aromatic N) is 3. The molecule has 8 heteroatoms. The second-order valence-corrected chi connectivity index (χ2v) is 8.91. The molecule has 0 amide bonds. The molecule has 0 unspecified atom stereocenters. The number of benzene rings is 3. The average Bonchev–Trinajstić information content (AvgIpc) is 3.24. The summed E-state index contributed by atoms with van der Waals surface area (Å²) in [7, 11) is -2.42. The molecule has 1 heterocycles. The van der Waals surface area contributed by atoms with Crippen LogP contribution in [-0.2, 0) is 10.0 Å². The molecule has 0 saturated heterocycles. The normalized spacial score (nSPS) is 11.2. The van der Waals surface area contributed by atoms with Gasteiger partial charge in [-0.2, -0.15) is 8.42 Å². The van der Waals surface area contributed by atoms with Gasteiger partial charge >= 0.3 is 0 Å². The van der Waals surface area contributed by atoms with Crippen LogP contribution in [0.4, 0.5) is 5.82 Å². The summed E-state index contributed by atoms with van der Waals surface area (Å²) in [4.78, 5) is 0.114. The van der Waals surface area contributed by atoms with E-state index in [1.165, 1.54) is 0 Å². The molecule has 162 valence electrons. The number of hydrogen-bond acceptors (Lipinski definition) is 6. The Morgan fingerprint density at radius 1 is 0.969 bits per heavy atom. The molecule has 0 aliphatic heterocycles. The Morgan fingerprint density at radius 3 is 2.25 bits per heavy atom. The van der Waals surface area contributed by atoms with Crippen molar-refractivity contribution in [3.05, 3.63) is 96.6 Å². The van der Waals surface area contributed by atoms with E-state index in [2.05, 4.69) is 22.2 Å². The van der Waals surface area contributed by atoms with E-state index in [4.69, 9.17) is 4.74 Å². The van der Waals surface area contributed by atoms with Gasteiger partial charge < -0.3 is 10.1 Å². The first-order valence-corrected chi connectivity index (χ1v) is 11.3. The summed E-state index contributed by atoms with van der Waals surface area (Å²) in [5.74, 6) is 0.876. The summed E-state index contributed by atoms with van der Waals surface area (Å²) in [5, 5.41) is 11.3. The van der Waals surface area contributed by atoms with Crippen molar-refractivity contribution in [3.8, 4) is 17.0 Å². The lowest BCUT2D eigenvalue weighted by Crippen LogP contribution is -2.17. The van der Waals surface area contributed by atoms with Crippen LogP contribution >= 0.6 is 0 Å². The molecule has 0 spiro atoms. The number of methoxy groups -OCH3 is 1. The molecule has 0 fully saturated rings. The van der Waals surface area contributed by atoms with Gasteiger partial charge in [-0.1, -0.05) is 54.6 Å². The van der Waals surface area contributed by atoms with E-state index in [0.717, 1.165) is 15.2 Å². The molecule has 1 aromatic heterocycles. The number of aromatic nitrogens is 3. The van der Waals surface area contributed by atoms with Crippen molar-refractivity contribution in [1.82, 2.24) is 14.4 Å². The third-order valence-corrected chi connectivity index (χ3v) is 6.52. The van der Waals surface area contributed by atoms with Crippen molar-refractivity contribution in [2.24, 2.45) is 0 Å². The Labute approximate surface area is 187 Å². The molecule has 0 radical (unpaired) electrons. The zero-order valence-electron chi connectivity index (χ0n) is 17.7. The van der Waals surface area contributed by atoms with Gasteiger partial charge in [0.15, 0.2) is 5.82 Å². The molecular formula is C24H22N4O3S. The number of ether oxygens (including phenoxy) is 1. The van der Waals surface area contributed by atoms with E-state index in [-0.39, 0.29) is 10.7 Å². The summed E-state index contributed by atoms with van der Waals surface area (Å²) in [5.41, 5.74) is 3.34. The highest BCUT2D eigenvalue weighted by Gasteiger charge is 2.26. The fraction of sp³-hybridized carbons (Fsp3) is 0.0833. The Balaban J connectivity index is 1.83. The van der Waals surface area contributed by atoms with E-state index in [1.54, 1.807) is 55.6 Å². The number of hydrogen-bond donors (Lipinski definition) is 1. The molecule has 0 saturated carbocycles. The monoisotopic (exact) mass is 446 g/mol. The molecule has 0 atom stereocenters. The lowest BCUT2D eigenvalue weighted by atomic mass is 10.1. The second-order valence-electron chi connectivity index (χ2n) is 7.15. The third kappa shape index (κ3) is 4.13. The van der Waals surface area contributed by atoms with E-state index in [0.29, 0.717) is 22.7 Å². The van der Waals surface area contributed by atoms with Crippen LogP contribution in [0.3, 0.4) is 0 Å². The molecule has 32 heavy (non-hydrogen) atoms. The molecule has 0 aliphatic rings. The van der Waals surface area contributed by atoms with Crippen molar-refractivity contribution in [3.63, 3.8) is 0 Å². The molecule has 1 N–H and O–H groups in total. The van der Waals surface area contributed by atoms with Crippen LogP contribution in [0.15, 0.2) is 90.3 Å². The lowest BCUT2D eigenvalue weighted by molar-refractivity contribution is 0.415. The van der Waals surface area contributed by atoms with E-state index in [1.807, 2.05) is 37.3 Å². The van der Waals surface area contributed by atoms with Crippen LogP contribution in [0.5, 0.6) is 5.75 Å². The fourth-order valence-electron chi connectivity index (χ4n) is 3.15. The molecule has 4 rings (SSSR count). The Morgan fingerprint density at radius 2 is 1.62 bits per heavy atom. The second kappa shape index (κ2) is 8.68.